The van der Waals surface area contributed by atoms with Crippen molar-refractivity contribution in [3.63, 3.8) is 0 Å². The third-order valence-corrected chi connectivity index (χ3v) is 3.56. The zero-order chi connectivity index (χ0) is 9.31. The van der Waals surface area contributed by atoms with Crippen LogP contribution in [-0.2, 0) is 4.74 Å². The molecule has 13 heavy (non-hydrogen) atoms. The van der Waals surface area contributed by atoms with E-state index in [2.05, 4.69) is 0 Å². The van der Waals surface area contributed by atoms with E-state index in [0.29, 0.717) is 13.2 Å². The van der Waals surface area contributed by atoms with Gasteiger partial charge in [0.2, 0.25) is 0 Å². The minimum absolute atomic E-state index is 0.0914. The lowest BCUT2D eigenvalue weighted by molar-refractivity contribution is -0.150. The fraction of sp³-hybridized carbons (Fsp3) is 0.556. The zero-order valence-corrected chi connectivity index (χ0v) is 8.09. The van der Waals surface area contributed by atoms with Crippen LogP contribution < -0.4 is 5.73 Å². The monoisotopic (exact) mass is 199 g/mol. The van der Waals surface area contributed by atoms with Crippen molar-refractivity contribution >= 4 is 11.3 Å². The number of hydrogen-bond donors (Lipinski definition) is 2. The Morgan fingerprint density at radius 3 is 2.85 bits per heavy atom. The molecule has 0 saturated carbocycles. The van der Waals surface area contributed by atoms with E-state index in [-0.39, 0.29) is 18.1 Å². The highest BCUT2D eigenvalue weighted by Crippen LogP contribution is 2.39. The van der Waals surface area contributed by atoms with Crippen molar-refractivity contribution in [3.05, 3.63) is 22.4 Å². The molecule has 4 heteroatoms. The summed E-state index contributed by atoms with van der Waals surface area (Å²) in [5, 5.41) is 11.3. The van der Waals surface area contributed by atoms with E-state index < -0.39 is 0 Å². The van der Waals surface area contributed by atoms with Crippen LogP contribution in [0.2, 0.25) is 0 Å². The van der Waals surface area contributed by atoms with E-state index in [1.807, 2.05) is 17.5 Å². The van der Waals surface area contributed by atoms with Crippen LogP contribution in [0.1, 0.15) is 10.9 Å². The van der Waals surface area contributed by atoms with Gasteiger partial charge < -0.3 is 15.6 Å². The van der Waals surface area contributed by atoms with Crippen molar-refractivity contribution in [1.29, 1.82) is 0 Å². The molecule has 1 aliphatic heterocycles. The molecule has 72 valence electrons. The molecule has 2 heterocycles. The summed E-state index contributed by atoms with van der Waals surface area (Å²) in [7, 11) is 0. The van der Waals surface area contributed by atoms with Crippen LogP contribution in [0.4, 0.5) is 0 Å². The molecule has 1 unspecified atom stereocenters. The fourth-order valence-corrected chi connectivity index (χ4v) is 2.37. The number of thiophene rings is 1. The molecule has 1 aromatic heterocycles. The molecule has 0 amide bonds. The van der Waals surface area contributed by atoms with E-state index in [9.17, 15) is 5.11 Å². The van der Waals surface area contributed by atoms with Gasteiger partial charge in [-0.3, -0.25) is 0 Å². The highest BCUT2D eigenvalue weighted by atomic mass is 32.1. The summed E-state index contributed by atoms with van der Waals surface area (Å²) < 4.78 is 5.11. The maximum Gasteiger partial charge on any atom is 0.0602 e. The minimum Gasteiger partial charge on any atom is -0.396 e. The van der Waals surface area contributed by atoms with Gasteiger partial charge in [-0.2, -0.15) is 0 Å². The maximum absolute atomic E-state index is 9.25. The summed E-state index contributed by atoms with van der Waals surface area (Å²) in [6.45, 7) is 1.25. The Hall–Kier alpha value is -0.420. The first kappa shape index (κ1) is 9.15. The Morgan fingerprint density at radius 2 is 2.46 bits per heavy atom. The minimum atomic E-state index is -0.231. The molecule has 0 aromatic carbocycles. The van der Waals surface area contributed by atoms with Crippen LogP contribution in [0.5, 0.6) is 0 Å². The normalized spacial score (nSPS) is 22.3. The molecule has 1 fully saturated rings. The second-order valence-corrected chi connectivity index (χ2v) is 4.49. The average Bonchev–Trinajstić information content (AvgIpc) is 2.54. The number of rotatable bonds is 3. The van der Waals surface area contributed by atoms with Gasteiger partial charge in [-0.25, -0.2) is 0 Å². The van der Waals surface area contributed by atoms with Gasteiger partial charge >= 0.3 is 0 Å². The number of hydrogen-bond acceptors (Lipinski definition) is 4. The quantitative estimate of drug-likeness (QED) is 0.755. The van der Waals surface area contributed by atoms with Gasteiger partial charge in [-0.1, -0.05) is 6.07 Å². The predicted molar refractivity (Wildman–Crippen MR) is 51.6 cm³/mol. The molecule has 0 aliphatic carbocycles. The van der Waals surface area contributed by atoms with Gasteiger partial charge in [-0.15, -0.1) is 11.3 Å². The second kappa shape index (κ2) is 3.38. The maximum atomic E-state index is 9.25. The molecule has 2 rings (SSSR count). The lowest BCUT2D eigenvalue weighted by Crippen LogP contribution is -2.52. The zero-order valence-electron chi connectivity index (χ0n) is 7.27. The average molecular weight is 199 g/mol. The Balaban J connectivity index is 2.16. The topological polar surface area (TPSA) is 55.5 Å². The highest BCUT2D eigenvalue weighted by molar-refractivity contribution is 7.10. The molecular weight excluding hydrogens is 186 g/mol. The van der Waals surface area contributed by atoms with Crippen LogP contribution in [0, 0.1) is 5.41 Å². The number of nitrogens with two attached hydrogens (primary N) is 1. The van der Waals surface area contributed by atoms with Crippen LogP contribution in [0.25, 0.3) is 0 Å². The van der Waals surface area contributed by atoms with E-state index in [4.69, 9.17) is 10.5 Å². The molecule has 1 aliphatic rings. The molecular formula is C9H13NO2S. The van der Waals surface area contributed by atoms with E-state index in [0.717, 1.165) is 4.88 Å². The standard InChI is InChI=1S/C9H13NO2S/c10-8(7-2-1-3-13-7)9(4-11)5-12-6-9/h1-3,8,11H,4-6,10H2. The number of aliphatic hydroxyl groups excluding tert-OH is 1. The summed E-state index contributed by atoms with van der Waals surface area (Å²) >= 11 is 1.63. The third kappa shape index (κ3) is 1.40. The summed E-state index contributed by atoms with van der Waals surface area (Å²) in [6.07, 6.45) is 0. The van der Waals surface area contributed by atoms with Crippen molar-refractivity contribution in [1.82, 2.24) is 0 Å². The van der Waals surface area contributed by atoms with Crippen molar-refractivity contribution in [2.75, 3.05) is 19.8 Å². The van der Waals surface area contributed by atoms with Gasteiger partial charge in [0.05, 0.1) is 31.3 Å². The van der Waals surface area contributed by atoms with Gasteiger partial charge in [0.1, 0.15) is 0 Å². The molecule has 3 nitrogen and oxygen atoms in total. The molecule has 1 aromatic rings. The summed E-state index contributed by atoms with van der Waals surface area (Å²) in [6, 6.07) is 3.89. The van der Waals surface area contributed by atoms with E-state index in [1.54, 1.807) is 11.3 Å². The van der Waals surface area contributed by atoms with Crippen LogP contribution in [-0.4, -0.2) is 24.9 Å². The lowest BCUT2D eigenvalue weighted by atomic mass is 9.79. The fourth-order valence-electron chi connectivity index (χ4n) is 1.50. The van der Waals surface area contributed by atoms with Crippen LogP contribution in [0.3, 0.4) is 0 Å². The first-order valence-corrected chi connectivity index (χ1v) is 5.14. The Labute approximate surface area is 81.1 Å². The van der Waals surface area contributed by atoms with Crippen molar-refractivity contribution in [3.8, 4) is 0 Å². The number of ether oxygens (including phenoxy) is 1. The Kier molecular flexibility index (Phi) is 2.38. The highest BCUT2D eigenvalue weighted by Gasteiger charge is 2.44. The summed E-state index contributed by atoms with van der Waals surface area (Å²) in [5.74, 6) is 0. The van der Waals surface area contributed by atoms with Crippen molar-refractivity contribution in [2.24, 2.45) is 11.1 Å². The third-order valence-electron chi connectivity index (χ3n) is 2.60. The van der Waals surface area contributed by atoms with Crippen LogP contribution >= 0.6 is 11.3 Å². The van der Waals surface area contributed by atoms with Crippen LogP contribution in [0.15, 0.2) is 17.5 Å². The molecule has 0 radical (unpaired) electrons. The summed E-state index contributed by atoms with van der Waals surface area (Å²) in [4.78, 5) is 1.12. The Bertz CT molecular complexity index is 264. The molecule has 1 atom stereocenters. The van der Waals surface area contributed by atoms with Crippen molar-refractivity contribution in [2.45, 2.75) is 6.04 Å². The van der Waals surface area contributed by atoms with Gasteiger partial charge in [0.25, 0.3) is 0 Å². The van der Waals surface area contributed by atoms with E-state index >= 15 is 0 Å². The van der Waals surface area contributed by atoms with Gasteiger partial charge in [0.15, 0.2) is 0 Å². The van der Waals surface area contributed by atoms with Crippen molar-refractivity contribution < 1.29 is 9.84 Å². The van der Waals surface area contributed by atoms with Gasteiger partial charge in [-0.05, 0) is 11.4 Å². The first-order chi connectivity index (χ1) is 6.28. The largest absolute Gasteiger partial charge is 0.396 e. The predicted octanol–water partition coefficient (Wildman–Crippen LogP) is 0.757. The first-order valence-electron chi connectivity index (χ1n) is 4.26. The molecule has 0 spiro atoms. The number of aliphatic hydroxyl groups is 1. The summed E-state index contributed by atoms with van der Waals surface area (Å²) in [5.41, 5.74) is 5.83. The van der Waals surface area contributed by atoms with E-state index in [1.165, 1.54) is 0 Å². The molecule has 3 N–H and O–H groups in total. The SMILES string of the molecule is NC(c1cccs1)C1(CO)COC1. The molecule has 0 bridgehead atoms. The smallest absolute Gasteiger partial charge is 0.0602 e. The lowest BCUT2D eigenvalue weighted by Gasteiger charge is -2.43. The van der Waals surface area contributed by atoms with Gasteiger partial charge in [0, 0.05) is 4.88 Å². The Morgan fingerprint density at radius 1 is 1.69 bits per heavy atom. The second-order valence-electron chi connectivity index (χ2n) is 3.51. The molecule has 1 saturated heterocycles.